The summed E-state index contributed by atoms with van der Waals surface area (Å²) in [6, 6.07) is 19.9. The second kappa shape index (κ2) is 6.42. The normalized spacial score (nSPS) is 14.6. The number of carbonyl (C=O) groups is 1. The van der Waals surface area contributed by atoms with Crippen molar-refractivity contribution in [3.63, 3.8) is 0 Å². The molecule has 1 aromatic heterocycles. The molecule has 24 heavy (non-hydrogen) atoms. The van der Waals surface area contributed by atoms with E-state index in [1.165, 1.54) is 16.3 Å². The van der Waals surface area contributed by atoms with Crippen LogP contribution >= 0.6 is 0 Å². The van der Waals surface area contributed by atoms with Crippen LogP contribution in [0.15, 0.2) is 66.9 Å². The number of hydrogen-bond donors (Lipinski definition) is 0. The highest BCUT2D eigenvalue weighted by molar-refractivity contribution is 5.92. The number of carbonyl (C=O) groups excluding carboxylic acids is 1. The van der Waals surface area contributed by atoms with Crippen LogP contribution in [0.5, 0.6) is 0 Å². The largest absolute Gasteiger partial charge is 0.370 e. The van der Waals surface area contributed by atoms with Gasteiger partial charge in [0.15, 0.2) is 0 Å². The Bertz CT molecular complexity index is 852. The Balaban J connectivity index is 1.35. The van der Waals surface area contributed by atoms with Gasteiger partial charge in [-0.1, -0.05) is 48.5 Å². The fourth-order valence-electron chi connectivity index (χ4n) is 2.99. The summed E-state index contributed by atoms with van der Waals surface area (Å²) in [5.74, 6) is -0.0272. The molecule has 1 amide bonds. The minimum absolute atomic E-state index is 0.0272. The first kappa shape index (κ1) is 14.8. The third-order valence-corrected chi connectivity index (χ3v) is 4.37. The van der Waals surface area contributed by atoms with Crippen molar-refractivity contribution in [1.29, 1.82) is 0 Å². The molecule has 1 aliphatic rings. The highest BCUT2D eigenvalue weighted by Gasteiger charge is 2.32. The standard InChI is InChI=1S/C20H18N2O2/c23-20(19-10-3-4-11-21-19)22-12-17(13-22)24-14-16-8-5-7-15-6-1-2-9-18(15)16/h1-11,17H,12-14H2. The van der Waals surface area contributed by atoms with Gasteiger partial charge in [0.25, 0.3) is 5.91 Å². The lowest BCUT2D eigenvalue weighted by molar-refractivity contribution is -0.0501. The van der Waals surface area contributed by atoms with Gasteiger partial charge < -0.3 is 9.64 Å². The second-order valence-electron chi connectivity index (χ2n) is 6.00. The molecule has 0 N–H and O–H groups in total. The lowest BCUT2D eigenvalue weighted by Crippen LogP contribution is -2.54. The highest BCUT2D eigenvalue weighted by Crippen LogP contribution is 2.21. The van der Waals surface area contributed by atoms with Gasteiger partial charge in [0.05, 0.1) is 12.7 Å². The van der Waals surface area contributed by atoms with Crippen LogP contribution in [0.3, 0.4) is 0 Å². The van der Waals surface area contributed by atoms with Gasteiger partial charge in [0, 0.05) is 19.3 Å². The van der Waals surface area contributed by atoms with E-state index < -0.39 is 0 Å². The Morgan fingerprint density at radius 2 is 1.83 bits per heavy atom. The molecule has 1 aliphatic heterocycles. The van der Waals surface area contributed by atoms with Crippen LogP contribution in [0.1, 0.15) is 16.1 Å². The number of likely N-dealkylation sites (tertiary alicyclic amines) is 1. The van der Waals surface area contributed by atoms with E-state index in [1.54, 1.807) is 17.2 Å². The van der Waals surface area contributed by atoms with Gasteiger partial charge in [-0.05, 0) is 28.5 Å². The van der Waals surface area contributed by atoms with Crippen LogP contribution in [0.2, 0.25) is 0 Å². The summed E-state index contributed by atoms with van der Waals surface area (Å²) in [5.41, 5.74) is 1.67. The van der Waals surface area contributed by atoms with Gasteiger partial charge in [0.1, 0.15) is 5.69 Å². The molecule has 0 radical (unpaired) electrons. The molecule has 1 saturated heterocycles. The molecule has 2 aromatic carbocycles. The molecule has 0 unspecified atom stereocenters. The van der Waals surface area contributed by atoms with Crippen molar-refractivity contribution in [2.45, 2.75) is 12.7 Å². The van der Waals surface area contributed by atoms with Crippen LogP contribution in [0.25, 0.3) is 10.8 Å². The summed E-state index contributed by atoms with van der Waals surface area (Å²) < 4.78 is 5.97. The molecule has 0 spiro atoms. The number of amides is 1. The molecule has 3 aromatic rings. The lowest BCUT2D eigenvalue weighted by Gasteiger charge is -2.38. The zero-order chi connectivity index (χ0) is 16.4. The third-order valence-electron chi connectivity index (χ3n) is 4.37. The number of rotatable bonds is 4. The first-order chi connectivity index (χ1) is 11.8. The molecule has 120 valence electrons. The van der Waals surface area contributed by atoms with Crippen LogP contribution in [0.4, 0.5) is 0 Å². The molecule has 0 bridgehead atoms. The predicted molar refractivity (Wildman–Crippen MR) is 92.7 cm³/mol. The Kier molecular flexibility index (Phi) is 3.97. The monoisotopic (exact) mass is 318 g/mol. The molecular formula is C20H18N2O2. The number of pyridine rings is 1. The molecule has 0 atom stereocenters. The molecular weight excluding hydrogens is 300 g/mol. The molecule has 4 heteroatoms. The van der Waals surface area contributed by atoms with E-state index in [0.29, 0.717) is 25.4 Å². The van der Waals surface area contributed by atoms with Crippen molar-refractivity contribution < 1.29 is 9.53 Å². The third kappa shape index (κ3) is 2.88. The maximum Gasteiger partial charge on any atom is 0.272 e. The van der Waals surface area contributed by atoms with E-state index in [9.17, 15) is 4.79 Å². The quantitative estimate of drug-likeness (QED) is 0.741. The summed E-state index contributed by atoms with van der Waals surface area (Å²) in [6.45, 7) is 1.82. The average Bonchev–Trinajstić information content (AvgIpc) is 2.61. The van der Waals surface area contributed by atoms with E-state index in [0.717, 1.165) is 0 Å². The highest BCUT2D eigenvalue weighted by atomic mass is 16.5. The molecule has 2 heterocycles. The Morgan fingerprint density at radius 3 is 2.67 bits per heavy atom. The lowest BCUT2D eigenvalue weighted by atomic mass is 10.1. The van der Waals surface area contributed by atoms with Crippen molar-refractivity contribution in [3.05, 3.63) is 78.1 Å². The van der Waals surface area contributed by atoms with Crippen molar-refractivity contribution in [2.75, 3.05) is 13.1 Å². The molecule has 4 rings (SSSR count). The zero-order valence-electron chi connectivity index (χ0n) is 13.3. The van der Waals surface area contributed by atoms with Crippen LogP contribution in [-0.4, -0.2) is 35.0 Å². The van der Waals surface area contributed by atoms with Crippen molar-refractivity contribution >= 4 is 16.7 Å². The van der Waals surface area contributed by atoms with Crippen molar-refractivity contribution in [1.82, 2.24) is 9.88 Å². The average molecular weight is 318 g/mol. The molecule has 4 nitrogen and oxygen atoms in total. The molecule has 1 fully saturated rings. The summed E-state index contributed by atoms with van der Waals surface area (Å²) in [6.07, 6.45) is 1.73. The van der Waals surface area contributed by atoms with E-state index in [2.05, 4.69) is 35.3 Å². The van der Waals surface area contributed by atoms with Crippen molar-refractivity contribution in [3.8, 4) is 0 Å². The number of benzene rings is 2. The van der Waals surface area contributed by atoms with Crippen LogP contribution in [0, 0.1) is 0 Å². The van der Waals surface area contributed by atoms with Gasteiger partial charge >= 0.3 is 0 Å². The molecule has 0 aliphatic carbocycles. The van der Waals surface area contributed by atoms with Gasteiger partial charge in [0.2, 0.25) is 0 Å². The number of hydrogen-bond acceptors (Lipinski definition) is 3. The van der Waals surface area contributed by atoms with Crippen molar-refractivity contribution in [2.24, 2.45) is 0 Å². The van der Waals surface area contributed by atoms with E-state index in [4.69, 9.17) is 4.74 Å². The summed E-state index contributed by atoms with van der Waals surface area (Å²) in [7, 11) is 0. The predicted octanol–water partition coefficient (Wildman–Crippen LogP) is 3.28. The van der Waals surface area contributed by atoms with E-state index in [-0.39, 0.29) is 12.0 Å². The number of fused-ring (bicyclic) bond motifs is 1. The summed E-state index contributed by atoms with van der Waals surface area (Å²) in [5, 5.41) is 2.44. The number of ether oxygens (including phenoxy) is 1. The minimum atomic E-state index is -0.0272. The first-order valence-corrected chi connectivity index (χ1v) is 8.10. The minimum Gasteiger partial charge on any atom is -0.370 e. The zero-order valence-corrected chi connectivity index (χ0v) is 13.3. The van der Waals surface area contributed by atoms with E-state index in [1.807, 2.05) is 24.3 Å². The van der Waals surface area contributed by atoms with Crippen LogP contribution in [-0.2, 0) is 11.3 Å². The molecule has 0 saturated carbocycles. The van der Waals surface area contributed by atoms with Gasteiger partial charge in [-0.2, -0.15) is 0 Å². The topological polar surface area (TPSA) is 42.4 Å². The fourth-order valence-corrected chi connectivity index (χ4v) is 2.99. The maximum atomic E-state index is 12.2. The SMILES string of the molecule is O=C(c1ccccn1)N1CC(OCc2cccc3ccccc23)C1. The fraction of sp³-hybridized carbons (Fsp3) is 0.200. The smallest absolute Gasteiger partial charge is 0.272 e. The first-order valence-electron chi connectivity index (χ1n) is 8.10. The van der Waals surface area contributed by atoms with Gasteiger partial charge in [-0.3, -0.25) is 9.78 Å². The van der Waals surface area contributed by atoms with Gasteiger partial charge in [-0.15, -0.1) is 0 Å². The summed E-state index contributed by atoms with van der Waals surface area (Å²) in [4.78, 5) is 18.1. The Hall–Kier alpha value is -2.72. The Morgan fingerprint density at radius 1 is 1.04 bits per heavy atom. The van der Waals surface area contributed by atoms with Gasteiger partial charge in [-0.25, -0.2) is 0 Å². The second-order valence-corrected chi connectivity index (χ2v) is 6.00. The number of aromatic nitrogens is 1. The summed E-state index contributed by atoms with van der Waals surface area (Å²) >= 11 is 0. The Labute approximate surface area is 140 Å². The van der Waals surface area contributed by atoms with Crippen LogP contribution < -0.4 is 0 Å². The van der Waals surface area contributed by atoms with E-state index >= 15 is 0 Å². The maximum absolute atomic E-state index is 12.2. The number of nitrogens with zero attached hydrogens (tertiary/aromatic N) is 2.